The summed E-state index contributed by atoms with van der Waals surface area (Å²) in [7, 11) is 0. The lowest BCUT2D eigenvalue weighted by Gasteiger charge is -1.93. The maximum absolute atomic E-state index is 10.9. The Morgan fingerprint density at radius 2 is 2.27 bits per heavy atom. The molecule has 1 heterocycles. The number of pyridine rings is 1. The van der Waals surface area contributed by atoms with Crippen molar-refractivity contribution in [3.63, 3.8) is 0 Å². The Morgan fingerprint density at radius 1 is 1.64 bits per heavy atom. The molecule has 0 amide bonds. The van der Waals surface area contributed by atoms with Gasteiger partial charge in [0.25, 0.3) is 5.56 Å². The Balaban J connectivity index is 3.35. The van der Waals surface area contributed by atoms with Gasteiger partial charge in [-0.1, -0.05) is 11.6 Å². The molecule has 4 heteroatoms. The normalized spacial score (nSPS) is 9.64. The van der Waals surface area contributed by atoms with E-state index in [9.17, 15) is 9.59 Å². The molecular formula is C7H6ClNO2. The summed E-state index contributed by atoms with van der Waals surface area (Å²) in [6.45, 7) is 1.32. The number of ketones is 1. The summed E-state index contributed by atoms with van der Waals surface area (Å²) in [5.41, 5.74) is -0.306. The molecule has 0 radical (unpaired) electrons. The van der Waals surface area contributed by atoms with Crippen LogP contribution in [0.1, 0.15) is 17.3 Å². The number of hydrogen-bond acceptors (Lipinski definition) is 2. The van der Waals surface area contributed by atoms with E-state index in [4.69, 9.17) is 11.6 Å². The quantitative estimate of drug-likeness (QED) is 0.647. The Kier molecular flexibility index (Phi) is 2.10. The van der Waals surface area contributed by atoms with Gasteiger partial charge < -0.3 is 4.98 Å². The summed E-state index contributed by atoms with van der Waals surface area (Å²) in [4.78, 5) is 24.0. The van der Waals surface area contributed by atoms with E-state index < -0.39 is 5.56 Å². The first-order valence-electron chi connectivity index (χ1n) is 3.00. The second-order valence-corrected chi connectivity index (χ2v) is 2.55. The SMILES string of the molecule is CC(=O)c1cc(Cl)c[nH]c1=O. The van der Waals surface area contributed by atoms with Gasteiger partial charge in [0, 0.05) is 6.20 Å². The average Bonchev–Trinajstić information content (AvgIpc) is 1.94. The number of hydrogen-bond donors (Lipinski definition) is 1. The molecule has 1 aromatic heterocycles. The minimum Gasteiger partial charge on any atom is -0.327 e. The largest absolute Gasteiger partial charge is 0.327 e. The molecule has 0 aliphatic rings. The molecule has 0 unspecified atom stereocenters. The molecule has 1 N–H and O–H groups in total. The summed E-state index contributed by atoms with van der Waals surface area (Å²) < 4.78 is 0. The van der Waals surface area contributed by atoms with Gasteiger partial charge in [0.2, 0.25) is 0 Å². The number of Topliss-reactive ketones (excluding diaryl/α,β-unsaturated/α-hetero) is 1. The third kappa shape index (κ3) is 1.68. The lowest BCUT2D eigenvalue weighted by molar-refractivity contribution is 0.101. The van der Waals surface area contributed by atoms with Crippen molar-refractivity contribution in [2.45, 2.75) is 6.92 Å². The number of halogens is 1. The van der Waals surface area contributed by atoms with E-state index in [0.29, 0.717) is 5.02 Å². The fraction of sp³-hybridized carbons (Fsp3) is 0.143. The Bertz CT molecular complexity index is 343. The van der Waals surface area contributed by atoms with Gasteiger partial charge in [-0.05, 0) is 13.0 Å². The van der Waals surface area contributed by atoms with Crippen LogP contribution in [0.15, 0.2) is 17.1 Å². The summed E-state index contributed by atoms with van der Waals surface area (Å²) >= 11 is 5.54. The van der Waals surface area contributed by atoms with Crippen LogP contribution in [0, 0.1) is 0 Å². The molecule has 0 atom stereocenters. The van der Waals surface area contributed by atoms with Crippen molar-refractivity contribution in [3.8, 4) is 0 Å². The van der Waals surface area contributed by atoms with Gasteiger partial charge >= 0.3 is 0 Å². The summed E-state index contributed by atoms with van der Waals surface area (Å²) in [6, 6.07) is 1.35. The van der Waals surface area contributed by atoms with E-state index in [1.807, 2.05) is 0 Å². The third-order valence-electron chi connectivity index (χ3n) is 1.25. The van der Waals surface area contributed by atoms with E-state index in [2.05, 4.69) is 4.98 Å². The number of carbonyl (C=O) groups excluding carboxylic acids is 1. The zero-order valence-corrected chi connectivity index (χ0v) is 6.61. The lowest BCUT2D eigenvalue weighted by Crippen LogP contribution is -2.14. The average molecular weight is 172 g/mol. The molecule has 0 fully saturated rings. The lowest BCUT2D eigenvalue weighted by atomic mass is 10.2. The predicted octanol–water partition coefficient (Wildman–Crippen LogP) is 1.23. The van der Waals surface area contributed by atoms with Crippen LogP contribution in [0.2, 0.25) is 5.02 Å². The first-order valence-corrected chi connectivity index (χ1v) is 3.38. The molecule has 0 aromatic carbocycles. The zero-order chi connectivity index (χ0) is 8.43. The molecule has 11 heavy (non-hydrogen) atoms. The highest BCUT2D eigenvalue weighted by Gasteiger charge is 2.04. The van der Waals surface area contributed by atoms with Crippen molar-refractivity contribution >= 4 is 17.4 Å². The van der Waals surface area contributed by atoms with E-state index in [1.54, 1.807) is 0 Å². The third-order valence-corrected chi connectivity index (χ3v) is 1.47. The first kappa shape index (κ1) is 8.01. The van der Waals surface area contributed by atoms with Crippen LogP contribution < -0.4 is 5.56 Å². The van der Waals surface area contributed by atoms with Crippen LogP contribution in [0.5, 0.6) is 0 Å². The Labute approximate surface area is 68.0 Å². The molecule has 0 saturated heterocycles. The first-order chi connectivity index (χ1) is 5.11. The smallest absolute Gasteiger partial charge is 0.258 e. The fourth-order valence-electron chi connectivity index (χ4n) is 0.719. The van der Waals surface area contributed by atoms with Gasteiger partial charge in [0.15, 0.2) is 5.78 Å². The standard InChI is InChI=1S/C7H6ClNO2/c1-4(10)6-2-5(8)3-9-7(6)11/h2-3H,1H3,(H,9,11). The molecule has 1 rings (SSSR count). The number of aromatic amines is 1. The molecule has 58 valence electrons. The van der Waals surface area contributed by atoms with Crippen molar-refractivity contribution < 1.29 is 4.79 Å². The molecular weight excluding hydrogens is 166 g/mol. The highest BCUT2D eigenvalue weighted by molar-refractivity contribution is 6.30. The number of aromatic nitrogens is 1. The van der Waals surface area contributed by atoms with E-state index in [1.165, 1.54) is 19.2 Å². The summed E-state index contributed by atoms with van der Waals surface area (Å²) in [6.07, 6.45) is 1.34. The van der Waals surface area contributed by atoms with Gasteiger partial charge in [-0.15, -0.1) is 0 Å². The molecule has 0 spiro atoms. The van der Waals surface area contributed by atoms with Gasteiger partial charge in [0.1, 0.15) is 0 Å². The minimum atomic E-state index is -0.401. The van der Waals surface area contributed by atoms with Crippen LogP contribution >= 0.6 is 11.6 Å². The van der Waals surface area contributed by atoms with Gasteiger partial charge in [-0.3, -0.25) is 9.59 Å². The Hall–Kier alpha value is -1.09. The highest BCUT2D eigenvalue weighted by Crippen LogP contribution is 2.05. The van der Waals surface area contributed by atoms with Crippen molar-refractivity contribution in [1.82, 2.24) is 4.98 Å². The van der Waals surface area contributed by atoms with Crippen molar-refractivity contribution in [3.05, 3.63) is 33.2 Å². The minimum absolute atomic E-state index is 0.0949. The monoisotopic (exact) mass is 171 g/mol. The van der Waals surface area contributed by atoms with Gasteiger partial charge in [-0.2, -0.15) is 0 Å². The number of nitrogens with one attached hydrogen (secondary N) is 1. The van der Waals surface area contributed by atoms with Gasteiger partial charge in [0.05, 0.1) is 10.6 Å². The predicted molar refractivity (Wildman–Crippen MR) is 42.1 cm³/mol. The van der Waals surface area contributed by atoms with E-state index >= 15 is 0 Å². The molecule has 0 saturated carbocycles. The van der Waals surface area contributed by atoms with Crippen molar-refractivity contribution in [2.24, 2.45) is 0 Å². The van der Waals surface area contributed by atoms with E-state index in [0.717, 1.165) is 0 Å². The summed E-state index contributed by atoms with van der Waals surface area (Å²) in [5, 5.41) is 0.356. The fourth-order valence-corrected chi connectivity index (χ4v) is 0.883. The van der Waals surface area contributed by atoms with Crippen LogP contribution in [0.3, 0.4) is 0 Å². The van der Waals surface area contributed by atoms with Crippen LogP contribution in [-0.2, 0) is 0 Å². The maximum atomic E-state index is 10.9. The molecule has 0 aliphatic heterocycles. The second kappa shape index (κ2) is 2.88. The second-order valence-electron chi connectivity index (χ2n) is 2.12. The number of H-pyrrole nitrogens is 1. The van der Waals surface area contributed by atoms with Gasteiger partial charge in [-0.25, -0.2) is 0 Å². The van der Waals surface area contributed by atoms with E-state index in [-0.39, 0.29) is 11.3 Å². The topological polar surface area (TPSA) is 49.9 Å². The Morgan fingerprint density at radius 3 is 2.73 bits per heavy atom. The van der Waals surface area contributed by atoms with Crippen LogP contribution in [0.25, 0.3) is 0 Å². The molecule has 3 nitrogen and oxygen atoms in total. The highest BCUT2D eigenvalue weighted by atomic mass is 35.5. The van der Waals surface area contributed by atoms with Crippen molar-refractivity contribution in [2.75, 3.05) is 0 Å². The number of carbonyl (C=O) groups is 1. The molecule has 0 bridgehead atoms. The zero-order valence-electron chi connectivity index (χ0n) is 5.85. The number of rotatable bonds is 1. The maximum Gasteiger partial charge on any atom is 0.258 e. The molecule has 0 aliphatic carbocycles. The molecule has 1 aromatic rings. The van der Waals surface area contributed by atoms with Crippen molar-refractivity contribution in [1.29, 1.82) is 0 Å². The summed E-state index contributed by atoms with van der Waals surface area (Å²) in [5.74, 6) is -0.284. The van der Waals surface area contributed by atoms with Crippen LogP contribution in [0.4, 0.5) is 0 Å². The van der Waals surface area contributed by atoms with Crippen LogP contribution in [-0.4, -0.2) is 10.8 Å².